The fourth-order valence-corrected chi connectivity index (χ4v) is 1.47. The van der Waals surface area contributed by atoms with Gasteiger partial charge in [0.2, 0.25) is 0 Å². The zero-order valence-corrected chi connectivity index (χ0v) is 10.0. The Morgan fingerprint density at radius 2 is 1.44 bits per heavy atom. The molecule has 0 spiro atoms. The summed E-state index contributed by atoms with van der Waals surface area (Å²) in [6, 6.07) is 16.8. The van der Waals surface area contributed by atoms with Crippen molar-refractivity contribution in [2.75, 3.05) is 18.0 Å². The van der Waals surface area contributed by atoms with Crippen molar-refractivity contribution in [3.63, 3.8) is 0 Å². The van der Waals surface area contributed by atoms with Crippen LogP contribution in [0.1, 0.15) is 10.4 Å². The average molecular weight is 242 g/mol. The van der Waals surface area contributed by atoms with Gasteiger partial charge in [0.05, 0.1) is 24.0 Å². The number of carbonyl (C=O) groups is 1. The smallest absolute Gasteiger partial charge is 0.337 e. The first-order valence-electron chi connectivity index (χ1n) is 5.55. The molecular weight excluding hydrogens is 228 g/mol. The van der Waals surface area contributed by atoms with Crippen LogP contribution in [0.2, 0.25) is 0 Å². The van der Waals surface area contributed by atoms with Crippen molar-refractivity contribution in [2.24, 2.45) is 0 Å². The lowest BCUT2D eigenvalue weighted by Gasteiger charge is -2.09. The maximum Gasteiger partial charge on any atom is 0.337 e. The molecule has 0 aliphatic rings. The number of ether oxygens (including phenoxy) is 1. The van der Waals surface area contributed by atoms with Gasteiger partial charge in [-0.25, -0.2) is 4.79 Å². The first kappa shape index (κ1) is 12.0. The number of hydrogen-bond acceptors (Lipinski definition) is 4. The van der Waals surface area contributed by atoms with Crippen LogP contribution in [0.4, 0.5) is 11.4 Å². The van der Waals surface area contributed by atoms with Gasteiger partial charge in [0.25, 0.3) is 0 Å². The molecule has 0 fully saturated rings. The van der Waals surface area contributed by atoms with Crippen molar-refractivity contribution in [1.82, 2.24) is 0 Å². The van der Waals surface area contributed by atoms with Crippen LogP contribution >= 0.6 is 0 Å². The summed E-state index contributed by atoms with van der Waals surface area (Å²) >= 11 is 0. The molecule has 0 atom stereocenters. The van der Waals surface area contributed by atoms with E-state index in [0.717, 1.165) is 11.4 Å². The molecule has 0 saturated carbocycles. The molecule has 0 aromatic heterocycles. The van der Waals surface area contributed by atoms with Crippen molar-refractivity contribution in [2.45, 2.75) is 0 Å². The average Bonchev–Trinajstić information content (AvgIpc) is 2.46. The maximum absolute atomic E-state index is 11.2. The summed E-state index contributed by atoms with van der Waals surface area (Å²) in [4.78, 5) is 11.2. The highest BCUT2D eigenvalue weighted by Crippen LogP contribution is 2.11. The maximum atomic E-state index is 11.2. The van der Waals surface area contributed by atoms with Crippen LogP contribution in [-0.4, -0.2) is 13.1 Å². The van der Waals surface area contributed by atoms with Crippen LogP contribution < -0.4 is 10.9 Å². The van der Waals surface area contributed by atoms with Gasteiger partial charge < -0.3 is 15.6 Å². The highest BCUT2D eigenvalue weighted by Gasteiger charge is 2.03. The largest absolute Gasteiger partial charge is 0.465 e. The molecule has 92 valence electrons. The summed E-state index contributed by atoms with van der Waals surface area (Å²) in [5.41, 5.74) is 8.47. The van der Waals surface area contributed by atoms with E-state index in [0.29, 0.717) is 5.56 Å². The molecule has 2 rings (SSSR count). The number of benzene rings is 2. The molecule has 2 aromatic carbocycles. The molecule has 18 heavy (non-hydrogen) atoms. The molecule has 0 heterocycles. The summed E-state index contributed by atoms with van der Waals surface area (Å²) < 4.78 is 4.63. The Bertz CT molecular complexity index is 509. The standard InChI is InChI=1S/C14H14N2O2/c1-18-14(17)11-7-9-13(10-8-11)16-15-12-5-3-2-4-6-12/h2-10,15-16H,1H3. The Morgan fingerprint density at radius 3 is 2.00 bits per heavy atom. The van der Waals surface area contributed by atoms with E-state index in [2.05, 4.69) is 15.6 Å². The summed E-state index contributed by atoms with van der Waals surface area (Å²) in [7, 11) is 1.37. The van der Waals surface area contributed by atoms with E-state index in [1.54, 1.807) is 12.1 Å². The van der Waals surface area contributed by atoms with Crippen LogP contribution in [-0.2, 0) is 4.74 Å². The Morgan fingerprint density at radius 1 is 0.889 bits per heavy atom. The fraction of sp³-hybridized carbons (Fsp3) is 0.0714. The van der Waals surface area contributed by atoms with E-state index < -0.39 is 0 Å². The van der Waals surface area contributed by atoms with E-state index in [9.17, 15) is 4.79 Å². The second-order valence-electron chi connectivity index (χ2n) is 3.68. The summed E-state index contributed by atoms with van der Waals surface area (Å²) in [5.74, 6) is -0.336. The second-order valence-corrected chi connectivity index (χ2v) is 3.68. The minimum Gasteiger partial charge on any atom is -0.465 e. The Hall–Kier alpha value is -2.49. The monoisotopic (exact) mass is 242 g/mol. The lowest BCUT2D eigenvalue weighted by molar-refractivity contribution is 0.0601. The number of para-hydroxylation sites is 1. The predicted molar refractivity (Wildman–Crippen MR) is 71.5 cm³/mol. The quantitative estimate of drug-likeness (QED) is 0.639. The minimum atomic E-state index is -0.336. The third kappa shape index (κ3) is 3.01. The Balaban J connectivity index is 1.97. The van der Waals surface area contributed by atoms with E-state index in [1.165, 1.54) is 7.11 Å². The third-order valence-electron chi connectivity index (χ3n) is 2.43. The lowest BCUT2D eigenvalue weighted by atomic mass is 10.2. The first-order chi connectivity index (χ1) is 8.79. The minimum absolute atomic E-state index is 0.336. The molecule has 2 N–H and O–H groups in total. The van der Waals surface area contributed by atoms with Crippen molar-refractivity contribution in [3.8, 4) is 0 Å². The van der Waals surface area contributed by atoms with Gasteiger partial charge in [-0.05, 0) is 36.4 Å². The molecule has 2 aromatic rings. The van der Waals surface area contributed by atoms with E-state index >= 15 is 0 Å². The fourth-order valence-electron chi connectivity index (χ4n) is 1.47. The molecule has 0 saturated heterocycles. The summed E-state index contributed by atoms with van der Waals surface area (Å²) in [6.45, 7) is 0. The molecule has 0 unspecified atom stereocenters. The molecule has 4 nitrogen and oxygen atoms in total. The predicted octanol–water partition coefficient (Wildman–Crippen LogP) is 2.91. The van der Waals surface area contributed by atoms with E-state index in [4.69, 9.17) is 0 Å². The highest BCUT2D eigenvalue weighted by molar-refractivity contribution is 5.89. The molecule has 0 amide bonds. The number of esters is 1. The topological polar surface area (TPSA) is 50.4 Å². The molecule has 0 bridgehead atoms. The van der Waals surface area contributed by atoms with Gasteiger partial charge in [-0.1, -0.05) is 18.2 Å². The molecular formula is C14H14N2O2. The van der Waals surface area contributed by atoms with Gasteiger partial charge in [-0.2, -0.15) is 0 Å². The zero-order chi connectivity index (χ0) is 12.8. The molecule has 0 aliphatic carbocycles. The number of rotatable bonds is 4. The number of hydrogen-bond donors (Lipinski definition) is 2. The lowest BCUT2D eigenvalue weighted by Crippen LogP contribution is -2.08. The van der Waals surface area contributed by atoms with Gasteiger partial charge in [-0.3, -0.25) is 0 Å². The number of methoxy groups -OCH3 is 1. The summed E-state index contributed by atoms with van der Waals surface area (Å²) in [5, 5.41) is 0. The van der Waals surface area contributed by atoms with Crippen molar-refractivity contribution < 1.29 is 9.53 Å². The van der Waals surface area contributed by atoms with Crippen molar-refractivity contribution in [1.29, 1.82) is 0 Å². The number of anilines is 2. The summed E-state index contributed by atoms with van der Waals surface area (Å²) in [6.07, 6.45) is 0. The Kier molecular flexibility index (Phi) is 3.81. The van der Waals surface area contributed by atoms with Gasteiger partial charge >= 0.3 is 5.97 Å². The van der Waals surface area contributed by atoms with Gasteiger partial charge in [0, 0.05) is 0 Å². The SMILES string of the molecule is COC(=O)c1ccc(NNc2ccccc2)cc1. The van der Waals surface area contributed by atoms with Crippen LogP contribution in [0.5, 0.6) is 0 Å². The van der Waals surface area contributed by atoms with Gasteiger partial charge in [-0.15, -0.1) is 0 Å². The first-order valence-corrected chi connectivity index (χ1v) is 5.55. The third-order valence-corrected chi connectivity index (χ3v) is 2.43. The zero-order valence-electron chi connectivity index (χ0n) is 10.0. The van der Waals surface area contributed by atoms with Crippen LogP contribution in [0.15, 0.2) is 54.6 Å². The van der Waals surface area contributed by atoms with Crippen molar-refractivity contribution in [3.05, 3.63) is 60.2 Å². The Labute approximate surface area is 106 Å². The molecule has 4 heteroatoms. The number of hydrazine groups is 1. The van der Waals surface area contributed by atoms with E-state index in [-0.39, 0.29) is 5.97 Å². The molecule has 0 aliphatic heterocycles. The number of carbonyl (C=O) groups excluding carboxylic acids is 1. The van der Waals surface area contributed by atoms with Crippen LogP contribution in [0.25, 0.3) is 0 Å². The number of nitrogens with one attached hydrogen (secondary N) is 2. The van der Waals surface area contributed by atoms with E-state index in [1.807, 2.05) is 42.5 Å². The second kappa shape index (κ2) is 5.72. The van der Waals surface area contributed by atoms with Gasteiger partial charge in [0.15, 0.2) is 0 Å². The van der Waals surface area contributed by atoms with Crippen LogP contribution in [0.3, 0.4) is 0 Å². The van der Waals surface area contributed by atoms with Crippen molar-refractivity contribution >= 4 is 17.3 Å². The van der Waals surface area contributed by atoms with Crippen LogP contribution in [0, 0.1) is 0 Å². The molecule has 0 radical (unpaired) electrons. The normalized spacial score (nSPS) is 9.61. The van der Waals surface area contributed by atoms with Gasteiger partial charge in [0.1, 0.15) is 0 Å². The highest BCUT2D eigenvalue weighted by atomic mass is 16.5.